The average Bonchev–Trinajstić information content (AvgIpc) is 2.72. The molecule has 0 heterocycles. The van der Waals surface area contributed by atoms with Crippen LogP contribution in [0.15, 0.2) is 54.1 Å². The fraction of sp³-hybridized carbons (Fsp3) is 0.188. The maximum atomic E-state index is 11.9. The van der Waals surface area contributed by atoms with Crippen molar-refractivity contribution in [2.75, 3.05) is 7.11 Å². The molecule has 0 unspecified atom stereocenters. The van der Waals surface area contributed by atoms with Crippen molar-refractivity contribution in [1.29, 1.82) is 0 Å². The Bertz CT molecular complexity index is 565. The third-order valence-corrected chi connectivity index (χ3v) is 3.01. The summed E-state index contributed by atoms with van der Waals surface area (Å²) in [5.74, 6) is -0.319. The third kappa shape index (κ3) is 3.01. The zero-order chi connectivity index (χ0) is 13.7. The Balaban J connectivity index is 2.52. The predicted octanol–water partition coefficient (Wildman–Crippen LogP) is 2.62. The first-order valence-corrected chi connectivity index (χ1v) is 6.11. The van der Waals surface area contributed by atoms with E-state index in [1.165, 1.54) is 7.11 Å². The van der Waals surface area contributed by atoms with Crippen molar-refractivity contribution in [1.82, 2.24) is 0 Å². The van der Waals surface area contributed by atoms with Gasteiger partial charge in [0, 0.05) is 5.57 Å². The highest BCUT2D eigenvalue weighted by atomic mass is 16.5. The average molecular weight is 256 g/mol. The fourth-order valence-corrected chi connectivity index (χ4v) is 2.05. The van der Waals surface area contributed by atoms with E-state index in [-0.39, 0.29) is 12.6 Å². The maximum absolute atomic E-state index is 11.9. The molecular weight excluding hydrogens is 240 g/mol. The summed E-state index contributed by atoms with van der Waals surface area (Å²) in [6.07, 6.45) is 8.17. The zero-order valence-corrected chi connectivity index (χ0v) is 10.8. The number of hydrogen-bond donors (Lipinski definition) is 1. The van der Waals surface area contributed by atoms with E-state index in [1.807, 2.05) is 48.6 Å². The molecule has 1 aliphatic carbocycles. The Morgan fingerprint density at radius 3 is 2.95 bits per heavy atom. The van der Waals surface area contributed by atoms with Crippen LogP contribution in [0.1, 0.15) is 17.5 Å². The van der Waals surface area contributed by atoms with Crippen molar-refractivity contribution in [2.45, 2.75) is 13.0 Å². The molecule has 0 bridgehead atoms. The molecule has 19 heavy (non-hydrogen) atoms. The number of ether oxygens (including phenoxy) is 1. The molecule has 0 aliphatic heterocycles. The minimum absolute atomic E-state index is 0.0172. The standard InChI is InChI=1S/C16H16O3/c1-19-16(18)15-9-4-2-3-8-14(15)13-7-5-6-12(10-13)11-17/h2-8,10,17H,9,11H2,1H3. The Morgan fingerprint density at radius 1 is 1.37 bits per heavy atom. The van der Waals surface area contributed by atoms with Crippen LogP contribution >= 0.6 is 0 Å². The van der Waals surface area contributed by atoms with Gasteiger partial charge in [-0.25, -0.2) is 4.79 Å². The lowest BCUT2D eigenvalue weighted by atomic mass is 9.97. The van der Waals surface area contributed by atoms with Gasteiger partial charge in [0.25, 0.3) is 0 Å². The molecule has 3 heteroatoms. The second-order valence-electron chi connectivity index (χ2n) is 4.23. The van der Waals surface area contributed by atoms with Gasteiger partial charge in [-0.3, -0.25) is 0 Å². The highest BCUT2D eigenvalue weighted by molar-refractivity contribution is 6.00. The van der Waals surface area contributed by atoms with Gasteiger partial charge in [0.1, 0.15) is 0 Å². The quantitative estimate of drug-likeness (QED) is 0.846. The summed E-state index contributed by atoms with van der Waals surface area (Å²) in [6, 6.07) is 7.52. The molecular formula is C16H16O3. The smallest absolute Gasteiger partial charge is 0.334 e. The lowest BCUT2D eigenvalue weighted by Gasteiger charge is -2.10. The van der Waals surface area contributed by atoms with Crippen LogP contribution in [0, 0.1) is 0 Å². The molecule has 1 N–H and O–H groups in total. The summed E-state index contributed by atoms with van der Waals surface area (Å²) in [5, 5.41) is 9.20. The minimum Gasteiger partial charge on any atom is -0.466 e. The van der Waals surface area contributed by atoms with Gasteiger partial charge in [-0.05, 0) is 29.2 Å². The van der Waals surface area contributed by atoms with Gasteiger partial charge in [0.15, 0.2) is 0 Å². The summed E-state index contributed by atoms with van der Waals surface area (Å²) < 4.78 is 4.84. The van der Waals surface area contributed by atoms with Crippen molar-refractivity contribution in [3.63, 3.8) is 0 Å². The highest BCUT2D eigenvalue weighted by Gasteiger charge is 2.15. The van der Waals surface area contributed by atoms with Gasteiger partial charge in [-0.1, -0.05) is 42.5 Å². The summed E-state index contributed by atoms with van der Waals surface area (Å²) >= 11 is 0. The zero-order valence-electron chi connectivity index (χ0n) is 10.8. The molecule has 0 aromatic heterocycles. The molecule has 0 saturated heterocycles. The van der Waals surface area contributed by atoms with Crippen molar-refractivity contribution >= 4 is 11.5 Å². The first kappa shape index (κ1) is 13.3. The van der Waals surface area contributed by atoms with E-state index in [4.69, 9.17) is 4.74 Å². The number of allylic oxidation sites excluding steroid dienone is 5. The summed E-state index contributed by atoms with van der Waals surface area (Å²) in [4.78, 5) is 11.9. The summed E-state index contributed by atoms with van der Waals surface area (Å²) in [5.41, 5.74) is 3.20. The number of carbonyl (C=O) groups excluding carboxylic acids is 1. The van der Waals surface area contributed by atoms with E-state index >= 15 is 0 Å². The number of benzene rings is 1. The normalized spacial score (nSPS) is 14.4. The van der Waals surface area contributed by atoms with Gasteiger partial charge in [0.2, 0.25) is 0 Å². The van der Waals surface area contributed by atoms with Crippen LogP contribution in [0.25, 0.3) is 5.57 Å². The number of carbonyl (C=O) groups is 1. The lowest BCUT2D eigenvalue weighted by Crippen LogP contribution is -2.06. The maximum Gasteiger partial charge on any atom is 0.334 e. The van der Waals surface area contributed by atoms with E-state index in [9.17, 15) is 9.90 Å². The SMILES string of the molecule is COC(=O)C1=C(c2cccc(CO)c2)C=CC=CC1. The first-order valence-electron chi connectivity index (χ1n) is 6.11. The molecule has 0 saturated carbocycles. The van der Waals surface area contributed by atoms with Gasteiger partial charge >= 0.3 is 5.97 Å². The van der Waals surface area contributed by atoms with Crippen LogP contribution < -0.4 is 0 Å². The molecule has 98 valence electrons. The van der Waals surface area contributed by atoms with Crippen molar-refractivity contribution < 1.29 is 14.6 Å². The van der Waals surface area contributed by atoms with Crippen LogP contribution in [-0.4, -0.2) is 18.2 Å². The van der Waals surface area contributed by atoms with Crippen molar-refractivity contribution in [2.24, 2.45) is 0 Å². The van der Waals surface area contributed by atoms with Gasteiger partial charge in [0.05, 0.1) is 13.7 Å². The molecule has 1 aromatic carbocycles. The molecule has 2 rings (SSSR count). The lowest BCUT2D eigenvalue weighted by molar-refractivity contribution is -0.136. The molecule has 0 spiro atoms. The van der Waals surface area contributed by atoms with E-state index in [0.717, 1.165) is 16.7 Å². The van der Waals surface area contributed by atoms with Gasteiger partial charge < -0.3 is 9.84 Å². The second kappa shape index (κ2) is 6.16. The molecule has 0 fully saturated rings. The van der Waals surface area contributed by atoms with Crippen LogP contribution in [0.4, 0.5) is 0 Å². The van der Waals surface area contributed by atoms with E-state index in [0.29, 0.717) is 12.0 Å². The number of methoxy groups -OCH3 is 1. The Morgan fingerprint density at radius 2 is 2.21 bits per heavy atom. The van der Waals surface area contributed by atoms with Crippen LogP contribution in [0.2, 0.25) is 0 Å². The Kier molecular flexibility index (Phi) is 4.31. The van der Waals surface area contributed by atoms with E-state index < -0.39 is 0 Å². The summed E-state index contributed by atoms with van der Waals surface area (Å²) in [7, 11) is 1.38. The molecule has 1 aliphatic rings. The topological polar surface area (TPSA) is 46.5 Å². The van der Waals surface area contributed by atoms with Gasteiger partial charge in [-0.15, -0.1) is 0 Å². The minimum atomic E-state index is -0.319. The third-order valence-electron chi connectivity index (χ3n) is 3.01. The monoisotopic (exact) mass is 256 g/mol. The Hall–Kier alpha value is -2.13. The number of rotatable bonds is 3. The fourth-order valence-electron chi connectivity index (χ4n) is 2.05. The van der Waals surface area contributed by atoms with Crippen molar-refractivity contribution in [3.8, 4) is 0 Å². The largest absolute Gasteiger partial charge is 0.466 e. The number of hydrogen-bond acceptors (Lipinski definition) is 3. The van der Waals surface area contributed by atoms with Crippen LogP contribution in [0.5, 0.6) is 0 Å². The molecule has 1 aromatic rings. The molecule has 0 amide bonds. The number of aliphatic hydroxyl groups excluding tert-OH is 1. The molecule has 0 radical (unpaired) electrons. The summed E-state index contributed by atoms with van der Waals surface area (Å²) in [6.45, 7) is -0.0172. The predicted molar refractivity (Wildman–Crippen MR) is 74.2 cm³/mol. The number of esters is 1. The van der Waals surface area contributed by atoms with Crippen LogP contribution in [0.3, 0.4) is 0 Å². The number of aliphatic hydroxyl groups is 1. The highest BCUT2D eigenvalue weighted by Crippen LogP contribution is 2.26. The van der Waals surface area contributed by atoms with E-state index in [2.05, 4.69) is 0 Å². The second-order valence-corrected chi connectivity index (χ2v) is 4.23. The molecule has 3 nitrogen and oxygen atoms in total. The first-order chi connectivity index (χ1) is 9.26. The molecule has 0 atom stereocenters. The van der Waals surface area contributed by atoms with E-state index in [1.54, 1.807) is 0 Å². The van der Waals surface area contributed by atoms with Crippen molar-refractivity contribution in [3.05, 3.63) is 65.3 Å². The Labute approximate surface area is 112 Å². The van der Waals surface area contributed by atoms with Gasteiger partial charge in [-0.2, -0.15) is 0 Å². The van der Waals surface area contributed by atoms with Crippen LogP contribution in [-0.2, 0) is 16.1 Å².